The monoisotopic (exact) mass is 514 g/mol. The number of rotatable bonds is 11. The van der Waals surface area contributed by atoms with Gasteiger partial charge in [-0.25, -0.2) is 4.99 Å². The lowest BCUT2D eigenvalue weighted by molar-refractivity contribution is -0.147. The standard InChI is InChI=1S/C28H42N4O5/c1-31(22-9-4-5-10-22)26(33)12-7-15-36-23-13-14-24-21(16-23)17-32(28(29)30-24)18-27(34)37-19-20-8-3-6-11-25(20)35-2/h13-14,16,20,22,25H,3-12,15,17-19H2,1-2H3,(H2,29,30). The lowest BCUT2D eigenvalue weighted by atomic mass is 9.87. The Hall–Kier alpha value is -2.81. The number of ether oxygens (including phenoxy) is 3. The number of methoxy groups -OCH3 is 1. The van der Waals surface area contributed by atoms with Gasteiger partial charge in [0.05, 0.1) is 25.0 Å². The first-order chi connectivity index (χ1) is 17.9. The highest BCUT2D eigenvalue weighted by molar-refractivity contribution is 5.87. The lowest BCUT2D eigenvalue weighted by Crippen LogP contribution is -2.42. The molecule has 1 aromatic carbocycles. The molecule has 0 bridgehead atoms. The molecule has 0 aromatic heterocycles. The van der Waals surface area contributed by atoms with E-state index < -0.39 is 0 Å². The predicted molar refractivity (Wildman–Crippen MR) is 142 cm³/mol. The molecule has 2 fully saturated rings. The number of hydrogen-bond donors (Lipinski definition) is 1. The van der Waals surface area contributed by atoms with Crippen molar-refractivity contribution < 1.29 is 23.8 Å². The molecule has 1 amide bonds. The first-order valence-electron chi connectivity index (χ1n) is 13.7. The normalized spacial score (nSPS) is 21.8. The Morgan fingerprint density at radius 3 is 2.68 bits per heavy atom. The molecule has 2 N–H and O–H groups in total. The molecule has 204 valence electrons. The summed E-state index contributed by atoms with van der Waals surface area (Å²) in [6.45, 7) is 1.33. The van der Waals surface area contributed by atoms with Crippen LogP contribution in [0, 0.1) is 5.92 Å². The Morgan fingerprint density at radius 1 is 1.14 bits per heavy atom. The lowest BCUT2D eigenvalue weighted by Gasteiger charge is -2.31. The predicted octanol–water partition coefficient (Wildman–Crippen LogP) is 3.76. The zero-order chi connectivity index (χ0) is 26.2. The second-order valence-corrected chi connectivity index (χ2v) is 10.5. The van der Waals surface area contributed by atoms with Gasteiger partial charge in [0.15, 0.2) is 5.96 Å². The van der Waals surface area contributed by atoms with Crippen LogP contribution in [-0.4, -0.2) is 73.7 Å². The summed E-state index contributed by atoms with van der Waals surface area (Å²) in [5.74, 6) is 1.14. The third-order valence-electron chi connectivity index (χ3n) is 7.96. The minimum Gasteiger partial charge on any atom is -0.494 e. The van der Waals surface area contributed by atoms with Gasteiger partial charge in [0.2, 0.25) is 5.91 Å². The molecule has 2 unspecified atom stereocenters. The Bertz CT molecular complexity index is 962. The quantitative estimate of drug-likeness (QED) is 0.354. The van der Waals surface area contributed by atoms with E-state index in [0.717, 1.165) is 55.5 Å². The van der Waals surface area contributed by atoms with Crippen molar-refractivity contribution in [3.63, 3.8) is 0 Å². The van der Waals surface area contributed by atoms with E-state index in [1.807, 2.05) is 30.1 Å². The molecule has 1 aromatic rings. The smallest absolute Gasteiger partial charge is 0.325 e. The number of fused-ring (bicyclic) bond motifs is 1. The van der Waals surface area contributed by atoms with Gasteiger partial charge in [-0.15, -0.1) is 0 Å². The highest BCUT2D eigenvalue weighted by Crippen LogP contribution is 2.30. The number of nitrogens with two attached hydrogens (primary N) is 1. The summed E-state index contributed by atoms with van der Waals surface area (Å²) < 4.78 is 17.1. The van der Waals surface area contributed by atoms with Crippen molar-refractivity contribution in [3.8, 4) is 5.75 Å². The number of nitrogens with zero attached hydrogens (tertiary/aromatic N) is 3. The molecule has 2 atom stereocenters. The number of carbonyl (C=O) groups is 2. The largest absolute Gasteiger partial charge is 0.494 e. The van der Waals surface area contributed by atoms with Crippen LogP contribution in [0.5, 0.6) is 5.75 Å². The van der Waals surface area contributed by atoms with Gasteiger partial charge in [0.1, 0.15) is 12.3 Å². The summed E-state index contributed by atoms with van der Waals surface area (Å²) >= 11 is 0. The van der Waals surface area contributed by atoms with E-state index in [9.17, 15) is 9.59 Å². The number of aliphatic imine (C=N–C) groups is 1. The molecule has 0 spiro atoms. The van der Waals surface area contributed by atoms with Crippen LogP contribution in [0.25, 0.3) is 0 Å². The van der Waals surface area contributed by atoms with Crippen molar-refractivity contribution in [1.29, 1.82) is 0 Å². The number of esters is 1. The van der Waals surface area contributed by atoms with Gasteiger partial charge in [0.25, 0.3) is 0 Å². The Morgan fingerprint density at radius 2 is 1.89 bits per heavy atom. The summed E-state index contributed by atoms with van der Waals surface area (Å²) in [4.78, 5) is 33.1. The van der Waals surface area contributed by atoms with Gasteiger partial charge in [-0.3, -0.25) is 9.59 Å². The molecule has 9 heteroatoms. The highest BCUT2D eigenvalue weighted by atomic mass is 16.5. The van der Waals surface area contributed by atoms with E-state index in [4.69, 9.17) is 19.9 Å². The fourth-order valence-electron chi connectivity index (χ4n) is 5.67. The fraction of sp³-hybridized carbons (Fsp3) is 0.679. The minimum atomic E-state index is -0.318. The van der Waals surface area contributed by atoms with Crippen molar-refractivity contribution in [2.45, 2.75) is 82.9 Å². The maximum atomic E-state index is 12.6. The van der Waals surface area contributed by atoms with Gasteiger partial charge in [-0.2, -0.15) is 0 Å². The van der Waals surface area contributed by atoms with Gasteiger partial charge >= 0.3 is 5.97 Å². The number of carbonyl (C=O) groups excluding carboxylic acids is 2. The first kappa shape index (κ1) is 27.2. The number of hydrogen-bond acceptors (Lipinski definition) is 8. The molecule has 1 aliphatic heterocycles. The second kappa shape index (κ2) is 13.1. The van der Waals surface area contributed by atoms with Crippen LogP contribution in [-0.2, 0) is 25.6 Å². The molecule has 4 rings (SSSR count). The Balaban J connectivity index is 1.22. The minimum absolute atomic E-state index is 0.0425. The van der Waals surface area contributed by atoms with Gasteiger partial charge < -0.3 is 29.7 Å². The topological polar surface area (TPSA) is 107 Å². The summed E-state index contributed by atoms with van der Waals surface area (Å²) in [7, 11) is 3.64. The second-order valence-electron chi connectivity index (χ2n) is 10.5. The van der Waals surface area contributed by atoms with Crippen LogP contribution in [0.3, 0.4) is 0 Å². The molecule has 9 nitrogen and oxygen atoms in total. The summed E-state index contributed by atoms with van der Waals surface area (Å²) in [6.07, 6.45) is 10.3. The van der Waals surface area contributed by atoms with Crippen molar-refractivity contribution in [2.75, 3.05) is 33.9 Å². The zero-order valence-electron chi connectivity index (χ0n) is 22.3. The Kier molecular flexibility index (Phi) is 9.66. The van der Waals surface area contributed by atoms with E-state index in [1.165, 1.54) is 12.8 Å². The van der Waals surface area contributed by atoms with E-state index in [0.29, 0.717) is 44.6 Å². The summed E-state index contributed by atoms with van der Waals surface area (Å²) in [5, 5.41) is 0. The molecular weight excluding hydrogens is 472 g/mol. The van der Waals surface area contributed by atoms with Crippen molar-refractivity contribution >= 4 is 23.5 Å². The molecule has 2 aliphatic carbocycles. The maximum Gasteiger partial charge on any atom is 0.325 e. The van der Waals surface area contributed by atoms with E-state index in [1.54, 1.807) is 12.0 Å². The van der Waals surface area contributed by atoms with Crippen molar-refractivity contribution in [2.24, 2.45) is 16.6 Å². The third-order valence-corrected chi connectivity index (χ3v) is 7.96. The van der Waals surface area contributed by atoms with Gasteiger partial charge in [-0.05, 0) is 50.3 Å². The van der Waals surface area contributed by atoms with Crippen molar-refractivity contribution in [1.82, 2.24) is 9.80 Å². The molecule has 3 aliphatic rings. The SMILES string of the molecule is COC1CCCCC1COC(=O)CN1Cc2cc(OCCCC(=O)N(C)C3CCCC3)ccc2N=C1N. The average molecular weight is 515 g/mol. The highest BCUT2D eigenvalue weighted by Gasteiger charge is 2.27. The van der Waals surface area contributed by atoms with Gasteiger partial charge in [0, 0.05) is 44.6 Å². The van der Waals surface area contributed by atoms with Crippen LogP contribution in [0.15, 0.2) is 23.2 Å². The zero-order valence-corrected chi connectivity index (χ0v) is 22.3. The fourth-order valence-corrected chi connectivity index (χ4v) is 5.67. The van der Waals surface area contributed by atoms with E-state index >= 15 is 0 Å². The molecule has 0 radical (unpaired) electrons. The number of benzene rings is 1. The number of guanidine groups is 1. The van der Waals surface area contributed by atoms with Crippen LogP contribution < -0.4 is 10.5 Å². The van der Waals surface area contributed by atoms with Crippen LogP contribution >= 0.6 is 0 Å². The third kappa shape index (κ3) is 7.37. The molecule has 2 saturated carbocycles. The van der Waals surface area contributed by atoms with Crippen LogP contribution in [0.1, 0.15) is 69.8 Å². The maximum absolute atomic E-state index is 12.6. The molecular formula is C28H42N4O5. The molecule has 1 heterocycles. The first-order valence-corrected chi connectivity index (χ1v) is 13.7. The Labute approximate surface area is 220 Å². The van der Waals surface area contributed by atoms with Gasteiger partial charge in [-0.1, -0.05) is 25.7 Å². The number of amides is 1. The van der Waals surface area contributed by atoms with Crippen LogP contribution in [0.4, 0.5) is 5.69 Å². The summed E-state index contributed by atoms with van der Waals surface area (Å²) in [6, 6.07) is 6.07. The van der Waals surface area contributed by atoms with Crippen molar-refractivity contribution in [3.05, 3.63) is 23.8 Å². The summed E-state index contributed by atoms with van der Waals surface area (Å²) in [5.41, 5.74) is 7.84. The molecule has 0 saturated heterocycles. The average Bonchev–Trinajstić information content (AvgIpc) is 3.45. The van der Waals surface area contributed by atoms with Crippen LogP contribution in [0.2, 0.25) is 0 Å². The van der Waals surface area contributed by atoms with E-state index in [-0.39, 0.29) is 30.4 Å². The van der Waals surface area contributed by atoms with E-state index in [2.05, 4.69) is 4.99 Å². The molecule has 37 heavy (non-hydrogen) atoms.